The molecule has 88 valence electrons. The Bertz CT molecular complexity index is 393. The van der Waals surface area contributed by atoms with Gasteiger partial charge >= 0.3 is 5.97 Å². The van der Waals surface area contributed by atoms with Crippen molar-refractivity contribution in [3.05, 3.63) is 22.2 Å². The van der Waals surface area contributed by atoms with Gasteiger partial charge in [0.25, 0.3) is 0 Å². The van der Waals surface area contributed by atoms with Crippen molar-refractivity contribution < 1.29 is 14.3 Å². The lowest BCUT2D eigenvalue weighted by Gasteiger charge is -2.09. The molecule has 1 aromatic carbocycles. The molecule has 0 aliphatic carbocycles. The van der Waals surface area contributed by atoms with Crippen molar-refractivity contribution in [3.8, 4) is 5.75 Å². The van der Waals surface area contributed by atoms with Gasteiger partial charge in [0.2, 0.25) is 0 Å². The smallest absolute Gasteiger partial charge is 0.310 e. The van der Waals surface area contributed by atoms with Crippen molar-refractivity contribution in [1.29, 1.82) is 0 Å². The quantitative estimate of drug-likeness (QED) is 0.681. The number of hydrogen-bond donors (Lipinski definition) is 1. The minimum Gasteiger partial charge on any atom is -0.496 e. The highest BCUT2D eigenvalue weighted by Gasteiger charge is 2.11. The van der Waals surface area contributed by atoms with E-state index in [1.165, 1.54) is 0 Å². The van der Waals surface area contributed by atoms with Crippen molar-refractivity contribution in [2.24, 2.45) is 0 Å². The zero-order chi connectivity index (χ0) is 12.1. The molecule has 0 saturated carbocycles. The van der Waals surface area contributed by atoms with Crippen molar-refractivity contribution in [2.45, 2.75) is 13.3 Å². The fraction of sp³-hybridized carbons (Fsp3) is 0.364. The van der Waals surface area contributed by atoms with Gasteiger partial charge < -0.3 is 15.2 Å². The Morgan fingerprint density at radius 2 is 2.19 bits per heavy atom. The van der Waals surface area contributed by atoms with Crippen LogP contribution < -0.4 is 10.5 Å². The van der Waals surface area contributed by atoms with Crippen LogP contribution in [0.4, 0.5) is 5.69 Å². The molecule has 0 bridgehead atoms. The number of anilines is 1. The van der Waals surface area contributed by atoms with Gasteiger partial charge in [-0.1, -0.05) is 0 Å². The Morgan fingerprint density at radius 3 is 2.75 bits per heavy atom. The molecule has 2 N–H and O–H groups in total. The molecule has 0 atom stereocenters. The number of esters is 1. The molecule has 0 aliphatic heterocycles. The molecule has 5 heteroatoms. The molecule has 1 rings (SSSR count). The number of benzene rings is 1. The molecule has 4 nitrogen and oxygen atoms in total. The molecule has 0 aromatic heterocycles. The van der Waals surface area contributed by atoms with E-state index in [4.69, 9.17) is 15.2 Å². The van der Waals surface area contributed by atoms with E-state index in [0.29, 0.717) is 23.6 Å². The van der Waals surface area contributed by atoms with Gasteiger partial charge in [0.05, 0.1) is 24.6 Å². The zero-order valence-corrected chi connectivity index (χ0v) is 10.8. The molecule has 0 unspecified atom stereocenters. The van der Waals surface area contributed by atoms with Gasteiger partial charge in [-0.15, -0.1) is 0 Å². The molecular formula is C11H14BrNO3. The Kier molecular flexibility index (Phi) is 4.61. The molecule has 0 fully saturated rings. The van der Waals surface area contributed by atoms with E-state index in [1.807, 2.05) is 0 Å². The highest BCUT2D eigenvalue weighted by Crippen LogP contribution is 2.30. The summed E-state index contributed by atoms with van der Waals surface area (Å²) in [5, 5.41) is 0. The minimum absolute atomic E-state index is 0.156. The monoisotopic (exact) mass is 287 g/mol. The second-order valence-corrected chi connectivity index (χ2v) is 4.02. The fourth-order valence-corrected chi connectivity index (χ4v) is 1.81. The van der Waals surface area contributed by atoms with E-state index < -0.39 is 0 Å². The summed E-state index contributed by atoms with van der Waals surface area (Å²) in [6, 6.07) is 3.45. The summed E-state index contributed by atoms with van der Waals surface area (Å²) >= 11 is 3.32. The summed E-state index contributed by atoms with van der Waals surface area (Å²) < 4.78 is 10.7. The third kappa shape index (κ3) is 3.13. The summed E-state index contributed by atoms with van der Waals surface area (Å²) in [5.74, 6) is 0.354. The lowest BCUT2D eigenvalue weighted by atomic mass is 10.1. The third-order valence-corrected chi connectivity index (χ3v) is 2.67. The van der Waals surface area contributed by atoms with Crippen LogP contribution in [0.2, 0.25) is 0 Å². The van der Waals surface area contributed by atoms with Crippen LogP contribution in [0, 0.1) is 0 Å². The normalized spacial score (nSPS) is 9.94. The van der Waals surface area contributed by atoms with Crippen molar-refractivity contribution in [3.63, 3.8) is 0 Å². The third-order valence-electron chi connectivity index (χ3n) is 2.05. The first-order valence-corrected chi connectivity index (χ1v) is 5.65. The van der Waals surface area contributed by atoms with Gasteiger partial charge in [-0.3, -0.25) is 4.79 Å². The number of rotatable bonds is 4. The maximum Gasteiger partial charge on any atom is 0.310 e. The van der Waals surface area contributed by atoms with Crippen molar-refractivity contribution in [2.75, 3.05) is 19.5 Å². The molecule has 0 saturated heterocycles. The number of nitrogens with two attached hydrogens (primary N) is 1. The van der Waals surface area contributed by atoms with Gasteiger partial charge in [-0.25, -0.2) is 0 Å². The highest BCUT2D eigenvalue weighted by atomic mass is 79.9. The van der Waals surface area contributed by atoms with Crippen LogP contribution in [0.5, 0.6) is 5.75 Å². The molecule has 16 heavy (non-hydrogen) atoms. The number of methoxy groups -OCH3 is 1. The van der Waals surface area contributed by atoms with E-state index in [0.717, 1.165) is 4.47 Å². The summed E-state index contributed by atoms with van der Waals surface area (Å²) in [6.45, 7) is 2.13. The Morgan fingerprint density at radius 1 is 1.50 bits per heavy atom. The van der Waals surface area contributed by atoms with Crippen molar-refractivity contribution in [1.82, 2.24) is 0 Å². The standard InChI is InChI=1S/C11H14BrNO3/c1-3-16-11(14)5-7-4-10(15-2)8(12)6-9(7)13/h4,6H,3,5,13H2,1-2H3. The first kappa shape index (κ1) is 12.8. The molecule has 0 radical (unpaired) electrons. The second kappa shape index (κ2) is 5.75. The predicted molar refractivity (Wildman–Crippen MR) is 65.4 cm³/mol. The SMILES string of the molecule is CCOC(=O)Cc1cc(OC)c(Br)cc1N. The summed E-state index contributed by atoms with van der Waals surface area (Å²) in [4.78, 5) is 11.3. The van der Waals surface area contributed by atoms with E-state index in [1.54, 1.807) is 26.2 Å². The van der Waals surface area contributed by atoms with Crippen LogP contribution in [0.25, 0.3) is 0 Å². The molecule has 1 aromatic rings. The largest absolute Gasteiger partial charge is 0.496 e. The molecular weight excluding hydrogens is 274 g/mol. The number of halogens is 1. The van der Waals surface area contributed by atoms with Gasteiger partial charge in [0, 0.05) is 5.69 Å². The van der Waals surface area contributed by atoms with Crippen LogP contribution in [-0.2, 0) is 16.0 Å². The number of hydrogen-bond acceptors (Lipinski definition) is 4. The average Bonchev–Trinajstić information content (AvgIpc) is 2.22. The van der Waals surface area contributed by atoms with Crippen LogP contribution in [-0.4, -0.2) is 19.7 Å². The van der Waals surface area contributed by atoms with Crippen LogP contribution >= 0.6 is 15.9 Å². The van der Waals surface area contributed by atoms with E-state index in [9.17, 15) is 4.79 Å². The maximum absolute atomic E-state index is 11.3. The van der Waals surface area contributed by atoms with Crippen LogP contribution in [0.1, 0.15) is 12.5 Å². The molecule has 0 spiro atoms. The minimum atomic E-state index is -0.293. The summed E-state index contributed by atoms with van der Waals surface area (Å²) in [7, 11) is 1.56. The number of nitrogen functional groups attached to an aromatic ring is 1. The first-order valence-electron chi connectivity index (χ1n) is 4.86. The molecule has 0 amide bonds. The summed E-state index contributed by atoms with van der Waals surface area (Å²) in [6.07, 6.45) is 0.156. The zero-order valence-electron chi connectivity index (χ0n) is 9.25. The lowest BCUT2D eigenvalue weighted by molar-refractivity contribution is -0.142. The van der Waals surface area contributed by atoms with E-state index in [2.05, 4.69) is 15.9 Å². The fourth-order valence-electron chi connectivity index (χ4n) is 1.29. The van der Waals surface area contributed by atoms with E-state index >= 15 is 0 Å². The van der Waals surface area contributed by atoms with Gasteiger partial charge in [0.1, 0.15) is 5.75 Å². The average molecular weight is 288 g/mol. The van der Waals surface area contributed by atoms with Crippen LogP contribution in [0.3, 0.4) is 0 Å². The van der Waals surface area contributed by atoms with E-state index in [-0.39, 0.29) is 12.4 Å². The van der Waals surface area contributed by atoms with Crippen LogP contribution in [0.15, 0.2) is 16.6 Å². The topological polar surface area (TPSA) is 61.5 Å². The number of ether oxygens (including phenoxy) is 2. The second-order valence-electron chi connectivity index (χ2n) is 3.17. The maximum atomic E-state index is 11.3. The first-order chi connectivity index (χ1) is 7.58. The molecule has 0 heterocycles. The van der Waals surface area contributed by atoms with Gasteiger partial charge in [-0.2, -0.15) is 0 Å². The molecule has 0 aliphatic rings. The number of carbonyl (C=O) groups excluding carboxylic acids is 1. The van der Waals surface area contributed by atoms with Gasteiger partial charge in [0.15, 0.2) is 0 Å². The highest BCUT2D eigenvalue weighted by molar-refractivity contribution is 9.10. The lowest BCUT2D eigenvalue weighted by Crippen LogP contribution is -2.09. The van der Waals surface area contributed by atoms with Gasteiger partial charge in [-0.05, 0) is 40.5 Å². The summed E-state index contributed by atoms with van der Waals surface area (Å²) in [5.41, 5.74) is 7.05. The predicted octanol–water partition coefficient (Wildman–Crippen LogP) is 2.15. The Hall–Kier alpha value is -1.23. The number of carbonyl (C=O) groups is 1. The van der Waals surface area contributed by atoms with Crippen molar-refractivity contribution >= 4 is 27.6 Å². The Balaban J connectivity index is 2.91. The Labute approximate surface area is 103 Å².